The van der Waals surface area contributed by atoms with Crippen LogP contribution in [0.25, 0.3) is 0 Å². The van der Waals surface area contributed by atoms with Crippen LogP contribution in [0.1, 0.15) is 18.9 Å². The van der Waals surface area contributed by atoms with E-state index in [-0.39, 0.29) is 0 Å². The molecule has 1 aliphatic rings. The Bertz CT molecular complexity index is 531. The van der Waals surface area contributed by atoms with Crippen molar-refractivity contribution in [1.82, 2.24) is 4.31 Å². The maximum atomic E-state index is 12.6. The monoisotopic (exact) mass is 333 g/mol. The van der Waals surface area contributed by atoms with E-state index < -0.39 is 10.0 Å². The van der Waals surface area contributed by atoms with Gasteiger partial charge in [0, 0.05) is 30.0 Å². The third-order valence-electron chi connectivity index (χ3n) is 3.36. The fourth-order valence-electron chi connectivity index (χ4n) is 2.25. The number of rotatable bonds is 5. The molecule has 20 heavy (non-hydrogen) atoms. The average Bonchev–Trinajstić information content (AvgIpc) is 2.45. The van der Waals surface area contributed by atoms with Crippen LogP contribution in [0.5, 0.6) is 0 Å². The van der Waals surface area contributed by atoms with E-state index in [2.05, 4.69) is 6.92 Å². The summed E-state index contributed by atoms with van der Waals surface area (Å²) in [6.07, 6.45) is 1.80. The van der Waals surface area contributed by atoms with Crippen molar-refractivity contribution in [3.8, 4) is 0 Å². The maximum Gasteiger partial charge on any atom is 0.243 e. The van der Waals surface area contributed by atoms with Gasteiger partial charge in [0.1, 0.15) is 0 Å². The zero-order valence-electron chi connectivity index (χ0n) is 11.6. The van der Waals surface area contributed by atoms with Crippen LogP contribution in [0, 0.1) is 0 Å². The molecular weight excluding hydrogens is 314 g/mol. The van der Waals surface area contributed by atoms with Crippen molar-refractivity contribution in [1.29, 1.82) is 0 Å². The van der Waals surface area contributed by atoms with Crippen LogP contribution in [-0.2, 0) is 16.4 Å². The van der Waals surface area contributed by atoms with Crippen molar-refractivity contribution in [3.63, 3.8) is 0 Å². The largest absolute Gasteiger partial charge is 0.243 e. The Morgan fingerprint density at radius 2 is 2.05 bits per heavy atom. The molecule has 1 heterocycles. The molecule has 112 valence electrons. The fraction of sp³-hybridized carbons (Fsp3) is 0.571. The van der Waals surface area contributed by atoms with Crippen LogP contribution < -0.4 is 0 Å². The molecule has 0 N–H and O–H groups in total. The Labute approximate surface area is 130 Å². The van der Waals surface area contributed by atoms with Gasteiger partial charge in [-0.15, -0.1) is 11.6 Å². The highest BCUT2D eigenvalue weighted by Gasteiger charge is 2.28. The number of hydrogen-bond acceptors (Lipinski definition) is 3. The van der Waals surface area contributed by atoms with Crippen molar-refractivity contribution >= 4 is 33.4 Å². The minimum absolute atomic E-state index is 0.363. The van der Waals surface area contributed by atoms with Crippen molar-refractivity contribution in [2.45, 2.75) is 29.9 Å². The molecule has 2 rings (SSSR count). The molecule has 6 heteroatoms. The molecule has 0 aliphatic carbocycles. The van der Waals surface area contributed by atoms with E-state index >= 15 is 0 Å². The summed E-state index contributed by atoms with van der Waals surface area (Å²) in [7, 11) is -3.34. The number of hydrogen-bond donors (Lipinski definition) is 0. The summed E-state index contributed by atoms with van der Waals surface area (Å²) < 4.78 is 26.7. The number of thioether (sulfide) groups is 1. The van der Waals surface area contributed by atoms with Gasteiger partial charge in [0.05, 0.1) is 4.90 Å². The lowest BCUT2D eigenvalue weighted by atomic mass is 10.1. The number of nitrogens with zero attached hydrogens (tertiary/aromatic N) is 1. The standard InChI is InChI=1S/C14H20ClNO2S2/c1-12-11-16(9-10-19-12)20(17,18)14-6-4-13(5-7-14)3-2-8-15/h4-7,12H,2-3,8-11H2,1H3. The molecule has 0 spiro atoms. The highest BCUT2D eigenvalue weighted by atomic mass is 35.5. The summed E-state index contributed by atoms with van der Waals surface area (Å²) in [6.45, 7) is 3.27. The first-order valence-corrected chi connectivity index (χ1v) is 9.83. The minimum Gasteiger partial charge on any atom is -0.207 e. The summed E-state index contributed by atoms with van der Waals surface area (Å²) in [5.74, 6) is 1.50. The average molecular weight is 334 g/mol. The normalized spacial score (nSPS) is 21.0. The van der Waals surface area contributed by atoms with Crippen molar-refractivity contribution in [3.05, 3.63) is 29.8 Å². The Morgan fingerprint density at radius 3 is 2.65 bits per heavy atom. The van der Waals surface area contributed by atoms with E-state index in [1.54, 1.807) is 16.4 Å². The van der Waals surface area contributed by atoms with E-state index in [4.69, 9.17) is 11.6 Å². The lowest BCUT2D eigenvalue weighted by molar-refractivity contribution is 0.424. The molecule has 1 atom stereocenters. The lowest BCUT2D eigenvalue weighted by Gasteiger charge is -2.29. The van der Waals surface area contributed by atoms with Gasteiger partial charge in [-0.3, -0.25) is 0 Å². The summed E-state index contributed by atoms with van der Waals surface area (Å²) in [5, 5.41) is 0.363. The lowest BCUT2D eigenvalue weighted by Crippen LogP contribution is -2.40. The number of halogens is 1. The minimum atomic E-state index is -3.34. The van der Waals surface area contributed by atoms with E-state index in [1.165, 1.54) is 0 Å². The van der Waals surface area contributed by atoms with E-state index in [0.29, 0.717) is 29.1 Å². The third-order valence-corrected chi connectivity index (χ3v) is 6.65. The van der Waals surface area contributed by atoms with Gasteiger partial charge in [0.15, 0.2) is 0 Å². The number of aryl methyl sites for hydroxylation is 1. The topological polar surface area (TPSA) is 37.4 Å². The van der Waals surface area contributed by atoms with Crippen molar-refractivity contribution < 1.29 is 8.42 Å². The van der Waals surface area contributed by atoms with Gasteiger partial charge in [-0.1, -0.05) is 19.1 Å². The molecular formula is C14H20ClNO2S2. The molecule has 1 aliphatic heterocycles. The summed E-state index contributed by atoms with van der Waals surface area (Å²) >= 11 is 7.49. The van der Waals surface area contributed by atoms with E-state index in [1.807, 2.05) is 23.9 Å². The van der Waals surface area contributed by atoms with Gasteiger partial charge in [0.25, 0.3) is 0 Å². The molecule has 1 fully saturated rings. The maximum absolute atomic E-state index is 12.6. The summed E-state index contributed by atoms with van der Waals surface area (Å²) in [4.78, 5) is 0.395. The van der Waals surface area contributed by atoms with Gasteiger partial charge in [-0.25, -0.2) is 8.42 Å². The number of alkyl halides is 1. The van der Waals surface area contributed by atoms with Crippen LogP contribution in [0.15, 0.2) is 29.2 Å². The quantitative estimate of drug-likeness (QED) is 0.777. The van der Waals surface area contributed by atoms with Gasteiger partial charge in [0.2, 0.25) is 10.0 Å². The van der Waals surface area contributed by atoms with Gasteiger partial charge < -0.3 is 0 Å². The molecule has 0 aromatic heterocycles. The second kappa shape index (κ2) is 7.16. The predicted octanol–water partition coefficient (Wildman–Crippen LogP) is 2.98. The van der Waals surface area contributed by atoms with Gasteiger partial charge in [-0.2, -0.15) is 16.1 Å². The molecule has 3 nitrogen and oxygen atoms in total. The van der Waals surface area contributed by atoms with Crippen LogP contribution in [-0.4, -0.2) is 42.7 Å². The Kier molecular flexibility index (Phi) is 5.78. The molecule has 0 amide bonds. The zero-order chi connectivity index (χ0) is 14.6. The molecule has 0 bridgehead atoms. The van der Waals surface area contributed by atoms with Crippen molar-refractivity contribution in [2.75, 3.05) is 24.7 Å². The van der Waals surface area contributed by atoms with Crippen LogP contribution in [0.3, 0.4) is 0 Å². The summed E-state index contributed by atoms with van der Waals surface area (Å²) in [5.41, 5.74) is 1.13. The van der Waals surface area contributed by atoms with Crippen LogP contribution in [0.2, 0.25) is 0 Å². The highest BCUT2D eigenvalue weighted by molar-refractivity contribution is 8.00. The first-order chi connectivity index (χ1) is 9.54. The molecule has 1 aromatic rings. The first-order valence-electron chi connectivity index (χ1n) is 6.80. The molecule has 0 radical (unpaired) electrons. The Hall–Kier alpha value is -0.230. The third kappa shape index (κ3) is 3.91. The first kappa shape index (κ1) is 16.1. The zero-order valence-corrected chi connectivity index (χ0v) is 14.0. The van der Waals surface area contributed by atoms with Gasteiger partial charge >= 0.3 is 0 Å². The second-order valence-corrected chi connectivity index (χ2v) is 8.84. The molecule has 1 saturated heterocycles. The Morgan fingerprint density at radius 1 is 1.35 bits per heavy atom. The Balaban J connectivity index is 2.12. The van der Waals surface area contributed by atoms with Crippen LogP contribution >= 0.6 is 23.4 Å². The van der Waals surface area contributed by atoms with Crippen molar-refractivity contribution in [2.24, 2.45) is 0 Å². The van der Waals surface area contributed by atoms with Crippen LogP contribution in [0.4, 0.5) is 0 Å². The SMILES string of the molecule is CC1CN(S(=O)(=O)c2ccc(CCCCl)cc2)CCS1. The smallest absolute Gasteiger partial charge is 0.207 e. The predicted molar refractivity (Wildman–Crippen MR) is 86.2 cm³/mol. The second-order valence-electron chi connectivity index (χ2n) is 4.98. The molecule has 0 saturated carbocycles. The fourth-order valence-corrected chi connectivity index (χ4v) is 5.14. The molecule has 1 aromatic carbocycles. The van der Waals surface area contributed by atoms with Gasteiger partial charge in [-0.05, 0) is 30.5 Å². The molecule has 1 unspecified atom stereocenters. The van der Waals surface area contributed by atoms with E-state index in [0.717, 1.165) is 24.2 Å². The highest BCUT2D eigenvalue weighted by Crippen LogP contribution is 2.24. The number of sulfonamides is 1. The van der Waals surface area contributed by atoms with E-state index in [9.17, 15) is 8.42 Å². The number of benzene rings is 1. The summed E-state index contributed by atoms with van der Waals surface area (Å²) in [6, 6.07) is 7.21.